The SMILES string of the molecule is c1ccc(N(c2ccccc2)c2ccc3c4ccccc4c4ccccc4c4ccccc4c4c(ccc5c6ccccc6sc54)c3c2)cc1. The first-order valence-corrected chi connectivity index (χ1v) is 17.9. The number of hydrogen-bond donors (Lipinski definition) is 0. The zero-order valence-corrected chi connectivity index (χ0v) is 28.1. The van der Waals surface area contributed by atoms with E-state index in [1.165, 1.54) is 74.0 Å². The standard InChI is InChI=1S/C48H31NS/c1-3-15-32(16-4-1)49(33-17-5-2-6-18-33)34-27-28-40-38-22-10-8-20-36(38)35-19-7-9-21-37(35)39-23-11-12-25-42(39)47-43(45(40)31-34)29-30-44-41-24-13-14-26-46(41)50-48(44)47/h1-31H. The van der Waals surface area contributed by atoms with Crippen LogP contribution in [-0.4, -0.2) is 0 Å². The minimum absolute atomic E-state index is 1.12. The van der Waals surface area contributed by atoms with Crippen LogP contribution in [0.4, 0.5) is 17.1 Å². The van der Waals surface area contributed by atoms with Crippen molar-refractivity contribution >= 4 is 102 Å². The molecule has 9 aromatic carbocycles. The molecule has 0 aliphatic rings. The zero-order chi connectivity index (χ0) is 33.0. The Labute approximate surface area is 294 Å². The predicted octanol–water partition coefficient (Wildman–Crippen LogP) is 14.4. The number of anilines is 3. The van der Waals surface area contributed by atoms with E-state index in [-0.39, 0.29) is 0 Å². The van der Waals surface area contributed by atoms with Gasteiger partial charge in [-0.1, -0.05) is 146 Å². The maximum Gasteiger partial charge on any atom is 0.0468 e. The molecular weight excluding hydrogens is 623 g/mol. The summed E-state index contributed by atoms with van der Waals surface area (Å²) in [6, 6.07) is 68.9. The molecule has 0 radical (unpaired) electrons. The maximum absolute atomic E-state index is 2.42. The Bertz CT molecular complexity index is 2940. The second kappa shape index (κ2) is 11.7. The monoisotopic (exact) mass is 653 g/mol. The predicted molar refractivity (Wildman–Crippen MR) is 219 cm³/mol. The highest BCUT2D eigenvalue weighted by atomic mass is 32.1. The van der Waals surface area contributed by atoms with Crippen molar-refractivity contribution in [2.45, 2.75) is 0 Å². The molecule has 1 nitrogen and oxygen atoms in total. The summed E-state index contributed by atoms with van der Waals surface area (Å²) in [6.07, 6.45) is 0. The van der Waals surface area contributed by atoms with Gasteiger partial charge in [0.05, 0.1) is 0 Å². The van der Waals surface area contributed by atoms with Gasteiger partial charge in [0.2, 0.25) is 0 Å². The lowest BCUT2D eigenvalue weighted by molar-refractivity contribution is 1.29. The normalized spacial score (nSPS) is 11.6. The average molecular weight is 654 g/mol. The maximum atomic E-state index is 2.42. The summed E-state index contributed by atoms with van der Waals surface area (Å²) in [4.78, 5) is 2.37. The Balaban J connectivity index is 1.49. The number of benzene rings is 8. The van der Waals surface area contributed by atoms with Gasteiger partial charge in [-0.05, 0) is 90.9 Å². The van der Waals surface area contributed by atoms with Gasteiger partial charge in [-0.25, -0.2) is 0 Å². The lowest BCUT2D eigenvalue weighted by atomic mass is 9.93. The molecule has 0 N–H and O–H groups in total. The Morgan fingerprint density at radius 3 is 1.26 bits per heavy atom. The number of fused-ring (bicyclic) bond motifs is 14. The zero-order valence-electron chi connectivity index (χ0n) is 27.3. The van der Waals surface area contributed by atoms with Crippen LogP contribution in [0.5, 0.6) is 0 Å². The van der Waals surface area contributed by atoms with E-state index in [2.05, 4.69) is 193 Å². The van der Waals surface area contributed by atoms with Crippen LogP contribution in [0.3, 0.4) is 0 Å². The van der Waals surface area contributed by atoms with Crippen LogP contribution in [0.2, 0.25) is 0 Å². The first kappa shape index (κ1) is 28.8. The van der Waals surface area contributed by atoms with Crippen LogP contribution >= 0.6 is 11.3 Å². The van der Waals surface area contributed by atoms with Crippen molar-refractivity contribution in [3.05, 3.63) is 188 Å². The minimum Gasteiger partial charge on any atom is -0.310 e. The van der Waals surface area contributed by atoms with Crippen LogP contribution in [0.1, 0.15) is 0 Å². The van der Waals surface area contributed by atoms with Gasteiger partial charge in [-0.15, -0.1) is 11.3 Å². The van der Waals surface area contributed by atoms with Crippen LogP contribution in [0, 0.1) is 0 Å². The van der Waals surface area contributed by atoms with E-state index in [0.29, 0.717) is 0 Å². The molecule has 1 heterocycles. The number of nitrogens with zero attached hydrogens (tertiary/aromatic N) is 1. The van der Waals surface area contributed by atoms with Gasteiger partial charge in [0.1, 0.15) is 0 Å². The summed E-state index contributed by atoms with van der Waals surface area (Å²) in [5, 5.41) is 15.0. The molecule has 0 aliphatic heterocycles. The summed E-state index contributed by atoms with van der Waals surface area (Å²) >= 11 is 1.90. The summed E-state index contributed by atoms with van der Waals surface area (Å²) < 4.78 is 2.63. The fourth-order valence-corrected chi connectivity index (χ4v) is 9.12. The van der Waals surface area contributed by atoms with Gasteiger partial charge in [0, 0.05) is 42.6 Å². The van der Waals surface area contributed by atoms with Gasteiger partial charge in [0.25, 0.3) is 0 Å². The van der Waals surface area contributed by atoms with E-state index in [9.17, 15) is 0 Å². The lowest BCUT2D eigenvalue weighted by Crippen LogP contribution is -2.09. The van der Waals surface area contributed by atoms with Gasteiger partial charge < -0.3 is 4.90 Å². The molecule has 50 heavy (non-hydrogen) atoms. The molecular formula is C48H31NS. The highest BCUT2D eigenvalue weighted by Gasteiger charge is 2.17. The topological polar surface area (TPSA) is 3.24 Å². The van der Waals surface area contributed by atoms with Crippen LogP contribution < -0.4 is 4.90 Å². The van der Waals surface area contributed by atoms with Crippen LogP contribution in [0.25, 0.3) is 74.0 Å². The molecule has 0 fully saturated rings. The molecule has 2 heteroatoms. The number of para-hydroxylation sites is 2. The van der Waals surface area contributed by atoms with Crippen molar-refractivity contribution in [2.75, 3.05) is 4.90 Å². The van der Waals surface area contributed by atoms with Gasteiger partial charge in [-0.2, -0.15) is 0 Å². The van der Waals surface area contributed by atoms with E-state index in [4.69, 9.17) is 0 Å². The number of hydrogen-bond acceptors (Lipinski definition) is 2. The third-order valence-electron chi connectivity index (χ3n) is 10.0. The highest BCUT2D eigenvalue weighted by molar-refractivity contribution is 7.26. The summed E-state index contributed by atoms with van der Waals surface area (Å²) in [5.41, 5.74) is 3.36. The van der Waals surface area contributed by atoms with Crippen molar-refractivity contribution in [2.24, 2.45) is 0 Å². The fourth-order valence-electron chi connectivity index (χ4n) is 7.85. The summed E-state index contributed by atoms with van der Waals surface area (Å²) in [7, 11) is 0. The van der Waals surface area contributed by atoms with Crippen molar-refractivity contribution in [3.8, 4) is 0 Å². The molecule has 0 atom stereocenters. The molecule has 0 amide bonds. The largest absolute Gasteiger partial charge is 0.310 e. The van der Waals surface area contributed by atoms with E-state index in [1.807, 2.05) is 11.3 Å². The Morgan fingerprint density at radius 1 is 0.280 bits per heavy atom. The van der Waals surface area contributed by atoms with Crippen molar-refractivity contribution in [3.63, 3.8) is 0 Å². The molecule has 234 valence electrons. The first-order chi connectivity index (χ1) is 24.8. The summed E-state index contributed by atoms with van der Waals surface area (Å²) in [6.45, 7) is 0. The molecule has 0 saturated carbocycles. The Hall–Kier alpha value is -6.22. The molecule has 10 rings (SSSR count). The Morgan fingerprint density at radius 2 is 0.680 bits per heavy atom. The number of thiophene rings is 1. The van der Waals surface area contributed by atoms with Gasteiger partial charge >= 0.3 is 0 Å². The van der Waals surface area contributed by atoms with E-state index in [0.717, 1.165) is 17.1 Å². The molecule has 0 unspecified atom stereocenters. The second-order valence-corrected chi connectivity index (χ2v) is 13.9. The highest BCUT2D eigenvalue weighted by Crippen LogP contribution is 2.45. The molecule has 10 aromatic rings. The average Bonchev–Trinajstić information content (AvgIpc) is 3.57. The lowest BCUT2D eigenvalue weighted by Gasteiger charge is -2.26. The molecule has 0 bridgehead atoms. The molecule has 0 spiro atoms. The molecule has 1 aromatic heterocycles. The van der Waals surface area contributed by atoms with Gasteiger partial charge in [0.15, 0.2) is 0 Å². The van der Waals surface area contributed by atoms with Crippen molar-refractivity contribution < 1.29 is 0 Å². The first-order valence-electron chi connectivity index (χ1n) is 17.1. The van der Waals surface area contributed by atoms with E-state index < -0.39 is 0 Å². The second-order valence-electron chi connectivity index (χ2n) is 12.8. The molecule has 0 aliphatic carbocycles. The minimum atomic E-state index is 1.12. The quantitative estimate of drug-likeness (QED) is 0.183. The number of rotatable bonds is 3. The Kier molecular flexibility index (Phi) is 6.75. The smallest absolute Gasteiger partial charge is 0.0468 e. The van der Waals surface area contributed by atoms with Crippen LogP contribution in [-0.2, 0) is 0 Å². The fraction of sp³-hybridized carbons (Fsp3) is 0. The van der Waals surface area contributed by atoms with Crippen molar-refractivity contribution in [1.29, 1.82) is 0 Å². The van der Waals surface area contributed by atoms with Crippen molar-refractivity contribution in [1.82, 2.24) is 0 Å². The third-order valence-corrected chi connectivity index (χ3v) is 11.3. The van der Waals surface area contributed by atoms with Crippen LogP contribution in [0.15, 0.2) is 188 Å². The van der Waals surface area contributed by atoms with Gasteiger partial charge in [-0.3, -0.25) is 0 Å². The van der Waals surface area contributed by atoms with E-state index in [1.54, 1.807) is 0 Å². The third kappa shape index (κ3) is 4.53. The van der Waals surface area contributed by atoms with E-state index >= 15 is 0 Å². The molecule has 0 saturated heterocycles. The summed E-state index contributed by atoms with van der Waals surface area (Å²) in [5.74, 6) is 0.